The number of rotatable bonds is 2. The highest BCUT2D eigenvalue weighted by Crippen LogP contribution is 2.39. The molecule has 0 aromatic carbocycles. The minimum Gasteiger partial charge on any atom is -0.388 e. The summed E-state index contributed by atoms with van der Waals surface area (Å²) in [4.78, 5) is 8.11. The molecule has 0 amide bonds. The molecule has 1 saturated carbocycles. The summed E-state index contributed by atoms with van der Waals surface area (Å²) in [6, 6.07) is 0.685. The summed E-state index contributed by atoms with van der Waals surface area (Å²) in [7, 11) is 2.14. The lowest BCUT2D eigenvalue weighted by atomic mass is 9.92. The van der Waals surface area contributed by atoms with Crippen LogP contribution in [0.15, 0.2) is 0 Å². The maximum atomic E-state index is 9.92. The molecule has 88 valence electrons. The molecule has 2 aliphatic rings. The van der Waals surface area contributed by atoms with Crippen molar-refractivity contribution in [3.8, 4) is 0 Å². The molecule has 1 aromatic rings. The summed E-state index contributed by atoms with van der Waals surface area (Å²) in [6.45, 7) is 0. The molecule has 4 heteroatoms. The van der Waals surface area contributed by atoms with E-state index in [0.717, 1.165) is 35.0 Å². The first-order valence-electron chi connectivity index (χ1n) is 6.16. The number of aliphatic hydroxyl groups is 1. The lowest BCUT2D eigenvalue weighted by Crippen LogP contribution is -2.37. The number of thiazole rings is 1. The zero-order valence-electron chi connectivity index (χ0n) is 9.65. The molecule has 0 spiro atoms. The molecule has 1 unspecified atom stereocenters. The summed E-state index contributed by atoms with van der Waals surface area (Å²) < 4.78 is 0. The van der Waals surface area contributed by atoms with Gasteiger partial charge < -0.3 is 10.0 Å². The first kappa shape index (κ1) is 10.5. The van der Waals surface area contributed by atoms with E-state index in [4.69, 9.17) is 0 Å². The minimum absolute atomic E-state index is 0.259. The van der Waals surface area contributed by atoms with Gasteiger partial charge in [-0.2, -0.15) is 0 Å². The van der Waals surface area contributed by atoms with E-state index in [1.165, 1.54) is 19.3 Å². The molecule has 16 heavy (non-hydrogen) atoms. The summed E-state index contributed by atoms with van der Waals surface area (Å²) in [5.41, 5.74) is 1.14. The number of nitrogens with zero attached hydrogens (tertiary/aromatic N) is 2. The zero-order valence-corrected chi connectivity index (χ0v) is 10.5. The predicted molar refractivity (Wildman–Crippen MR) is 66.1 cm³/mol. The standard InChI is InChI=1S/C12H18N2OS/c1-14(8-4-2-5-8)12-13-9-6-3-7-10(15)11(9)16-12/h8,10,15H,2-7H2,1H3. The largest absolute Gasteiger partial charge is 0.388 e. The van der Waals surface area contributed by atoms with Gasteiger partial charge in [0.05, 0.1) is 16.7 Å². The predicted octanol–water partition coefficient (Wildman–Crippen LogP) is 2.50. The number of hydrogen-bond donors (Lipinski definition) is 1. The van der Waals surface area contributed by atoms with E-state index in [1.54, 1.807) is 11.3 Å². The van der Waals surface area contributed by atoms with Crippen LogP contribution in [0.2, 0.25) is 0 Å². The first-order chi connectivity index (χ1) is 7.75. The van der Waals surface area contributed by atoms with Crippen molar-refractivity contribution in [2.45, 2.75) is 50.7 Å². The molecule has 1 heterocycles. The van der Waals surface area contributed by atoms with Gasteiger partial charge in [0.15, 0.2) is 5.13 Å². The monoisotopic (exact) mass is 238 g/mol. The average Bonchev–Trinajstić information content (AvgIpc) is 2.60. The quantitative estimate of drug-likeness (QED) is 0.860. The SMILES string of the molecule is CN(c1nc2c(s1)C(O)CCC2)C1CCC1. The van der Waals surface area contributed by atoms with Crippen molar-refractivity contribution >= 4 is 16.5 Å². The van der Waals surface area contributed by atoms with Gasteiger partial charge in [0.2, 0.25) is 0 Å². The van der Waals surface area contributed by atoms with Gasteiger partial charge >= 0.3 is 0 Å². The van der Waals surface area contributed by atoms with Crippen LogP contribution in [0.4, 0.5) is 5.13 Å². The minimum atomic E-state index is -0.259. The van der Waals surface area contributed by atoms with Crippen molar-refractivity contribution in [1.29, 1.82) is 0 Å². The Morgan fingerprint density at radius 1 is 1.31 bits per heavy atom. The van der Waals surface area contributed by atoms with Gasteiger partial charge in [0.25, 0.3) is 0 Å². The molecular formula is C12H18N2OS. The van der Waals surface area contributed by atoms with E-state index in [2.05, 4.69) is 16.9 Å². The number of fused-ring (bicyclic) bond motifs is 1. The molecule has 0 radical (unpaired) electrons. The van der Waals surface area contributed by atoms with Gasteiger partial charge in [-0.05, 0) is 38.5 Å². The van der Waals surface area contributed by atoms with Gasteiger partial charge in [-0.25, -0.2) is 4.98 Å². The molecule has 2 aliphatic carbocycles. The van der Waals surface area contributed by atoms with Crippen molar-refractivity contribution in [2.24, 2.45) is 0 Å². The maximum Gasteiger partial charge on any atom is 0.185 e. The summed E-state index contributed by atoms with van der Waals surface area (Å²) >= 11 is 1.69. The topological polar surface area (TPSA) is 36.4 Å². The van der Waals surface area contributed by atoms with Gasteiger partial charge in [-0.15, -0.1) is 0 Å². The van der Waals surface area contributed by atoms with Crippen LogP contribution in [0.1, 0.15) is 48.8 Å². The van der Waals surface area contributed by atoms with E-state index in [-0.39, 0.29) is 6.10 Å². The van der Waals surface area contributed by atoms with E-state index in [0.29, 0.717) is 6.04 Å². The number of aliphatic hydroxyl groups excluding tert-OH is 1. The Kier molecular flexibility index (Phi) is 2.64. The molecule has 1 atom stereocenters. The molecular weight excluding hydrogens is 220 g/mol. The fraction of sp³-hybridized carbons (Fsp3) is 0.750. The Bertz CT molecular complexity index is 386. The van der Waals surface area contributed by atoms with E-state index in [1.807, 2.05) is 0 Å². The molecule has 3 nitrogen and oxygen atoms in total. The Labute approximate surface area is 100 Å². The zero-order chi connectivity index (χ0) is 11.1. The van der Waals surface area contributed by atoms with E-state index < -0.39 is 0 Å². The second kappa shape index (κ2) is 4.00. The summed E-state index contributed by atoms with van der Waals surface area (Å²) in [5, 5.41) is 11.0. The van der Waals surface area contributed by atoms with Crippen LogP contribution in [0, 0.1) is 0 Å². The van der Waals surface area contributed by atoms with Crippen LogP contribution in [0.5, 0.6) is 0 Å². The van der Waals surface area contributed by atoms with Crippen molar-refractivity contribution < 1.29 is 5.11 Å². The van der Waals surface area contributed by atoms with Crippen molar-refractivity contribution in [2.75, 3.05) is 11.9 Å². The smallest absolute Gasteiger partial charge is 0.185 e. The fourth-order valence-electron chi connectivity index (χ4n) is 2.47. The Hall–Kier alpha value is -0.610. The van der Waals surface area contributed by atoms with Crippen LogP contribution in [-0.4, -0.2) is 23.2 Å². The summed E-state index contributed by atoms with van der Waals surface area (Å²) in [5.74, 6) is 0. The lowest BCUT2D eigenvalue weighted by Gasteiger charge is -2.34. The van der Waals surface area contributed by atoms with E-state index in [9.17, 15) is 5.11 Å². The number of hydrogen-bond acceptors (Lipinski definition) is 4. The summed E-state index contributed by atoms with van der Waals surface area (Å²) in [6.07, 6.45) is 6.70. The third-order valence-electron chi connectivity index (χ3n) is 3.83. The van der Waals surface area contributed by atoms with Crippen LogP contribution in [0.25, 0.3) is 0 Å². The normalized spacial score (nSPS) is 25.0. The second-order valence-electron chi connectivity index (χ2n) is 4.91. The van der Waals surface area contributed by atoms with E-state index >= 15 is 0 Å². The molecule has 0 saturated heterocycles. The van der Waals surface area contributed by atoms with Crippen LogP contribution in [-0.2, 0) is 6.42 Å². The molecule has 1 fully saturated rings. The average molecular weight is 238 g/mol. The Morgan fingerprint density at radius 2 is 2.12 bits per heavy atom. The van der Waals surface area contributed by atoms with Gasteiger partial charge in [-0.1, -0.05) is 11.3 Å². The highest BCUT2D eigenvalue weighted by molar-refractivity contribution is 7.15. The third kappa shape index (κ3) is 1.64. The molecule has 1 N–H and O–H groups in total. The van der Waals surface area contributed by atoms with Crippen molar-refractivity contribution in [3.05, 3.63) is 10.6 Å². The number of aromatic nitrogens is 1. The third-order valence-corrected chi connectivity index (χ3v) is 5.12. The lowest BCUT2D eigenvalue weighted by molar-refractivity contribution is 0.160. The highest BCUT2D eigenvalue weighted by Gasteiger charge is 2.28. The van der Waals surface area contributed by atoms with Crippen molar-refractivity contribution in [1.82, 2.24) is 4.98 Å². The molecule has 0 bridgehead atoms. The first-order valence-corrected chi connectivity index (χ1v) is 6.98. The fourth-order valence-corrected chi connectivity index (χ4v) is 3.63. The second-order valence-corrected chi connectivity index (χ2v) is 5.92. The molecule has 3 rings (SSSR count). The number of anilines is 1. The van der Waals surface area contributed by atoms with Crippen molar-refractivity contribution in [3.63, 3.8) is 0 Å². The van der Waals surface area contributed by atoms with Crippen LogP contribution >= 0.6 is 11.3 Å². The highest BCUT2D eigenvalue weighted by atomic mass is 32.1. The Balaban J connectivity index is 1.85. The molecule has 1 aromatic heterocycles. The molecule has 0 aliphatic heterocycles. The van der Waals surface area contributed by atoms with Gasteiger partial charge in [0.1, 0.15) is 0 Å². The Morgan fingerprint density at radius 3 is 2.75 bits per heavy atom. The van der Waals surface area contributed by atoms with Crippen LogP contribution in [0.3, 0.4) is 0 Å². The maximum absolute atomic E-state index is 9.92. The number of aryl methyl sites for hydroxylation is 1. The van der Waals surface area contributed by atoms with Gasteiger partial charge in [0, 0.05) is 13.1 Å². The van der Waals surface area contributed by atoms with Gasteiger partial charge in [-0.3, -0.25) is 0 Å². The van der Waals surface area contributed by atoms with Crippen LogP contribution < -0.4 is 4.90 Å².